The monoisotopic (exact) mass is 728 g/mol. The standard InChI is InChI=1S/C24H22N4O.C21H22N4O/c1-24(2)11-18-21(20(29)12-24)23(22(27-18)15-7-9-25-10-8-15)28-19-14-26-13-16-5-3-4-6-17(16)19;1-21(2)11-16-18(17(26)12-21)20(24-15-5-3-4-14(22)10-15)19(25-16)13-6-8-23-9-7-13/h3-10,13-14,27-28H,11-12H2,1-2H3;3-10,24-25H,11-12,22H2,1-2H3. The lowest BCUT2D eigenvalue weighted by Gasteiger charge is -2.28. The van der Waals surface area contributed by atoms with Crippen molar-refractivity contribution < 1.29 is 9.59 Å². The quantitative estimate of drug-likeness (QED) is 0.106. The summed E-state index contributed by atoms with van der Waals surface area (Å²) in [7, 11) is 0. The van der Waals surface area contributed by atoms with Crippen LogP contribution in [0.5, 0.6) is 0 Å². The maximum absolute atomic E-state index is 13.1. The normalized spacial score (nSPS) is 15.4. The number of H-pyrrole nitrogens is 2. The van der Waals surface area contributed by atoms with Crippen LogP contribution in [-0.2, 0) is 12.8 Å². The first-order chi connectivity index (χ1) is 26.4. The number of anilines is 5. The average Bonchev–Trinajstić information content (AvgIpc) is 3.69. The predicted molar refractivity (Wildman–Crippen MR) is 220 cm³/mol. The summed E-state index contributed by atoms with van der Waals surface area (Å²) in [5.41, 5.74) is 17.2. The molecule has 0 fully saturated rings. The number of pyridine rings is 3. The molecular weight excluding hydrogens is 685 g/mol. The zero-order valence-corrected chi connectivity index (χ0v) is 31.5. The van der Waals surface area contributed by atoms with Gasteiger partial charge in [-0.15, -0.1) is 0 Å². The number of benzene rings is 2. The van der Waals surface area contributed by atoms with E-state index in [4.69, 9.17) is 5.73 Å². The molecule has 0 bridgehead atoms. The van der Waals surface area contributed by atoms with Crippen molar-refractivity contribution in [1.82, 2.24) is 24.9 Å². The SMILES string of the molecule is CC1(C)CC(=O)c2c([nH]c(-c3ccncc3)c2Nc2cccc(N)c2)C1.CC1(C)CC(=O)c2c([nH]c(-c3ccncc3)c2Nc2cncc3ccccc23)C1. The summed E-state index contributed by atoms with van der Waals surface area (Å²) in [5.74, 6) is 0.336. The molecule has 0 atom stereocenters. The van der Waals surface area contributed by atoms with Gasteiger partial charge < -0.3 is 26.3 Å². The van der Waals surface area contributed by atoms with Gasteiger partial charge in [0.2, 0.25) is 0 Å². The molecular formula is C45H44N8O2. The Labute approximate surface area is 320 Å². The van der Waals surface area contributed by atoms with Gasteiger partial charge in [-0.3, -0.25) is 24.5 Å². The van der Waals surface area contributed by atoms with Gasteiger partial charge in [-0.2, -0.15) is 0 Å². The molecule has 2 aliphatic carbocycles. The van der Waals surface area contributed by atoms with Gasteiger partial charge >= 0.3 is 0 Å². The minimum atomic E-state index is -0.0529. The summed E-state index contributed by atoms with van der Waals surface area (Å²) in [6, 6.07) is 23.5. The fraction of sp³-hybridized carbons (Fsp3) is 0.222. The summed E-state index contributed by atoms with van der Waals surface area (Å²) >= 11 is 0. The highest BCUT2D eigenvalue weighted by molar-refractivity contribution is 6.09. The zero-order chi connectivity index (χ0) is 38.3. The summed E-state index contributed by atoms with van der Waals surface area (Å²) in [6.45, 7) is 8.54. The number of nitrogens with two attached hydrogens (primary N) is 1. The molecule has 0 radical (unpaired) electrons. The molecule has 0 spiro atoms. The smallest absolute Gasteiger partial charge is 0.167 e. The predicted octanol–water partition coefficient (Wildman–Crippen LogP) is 10.1. The Morgan fingerprint density at radius 2 is 1.16 bits per heavy atom. The van der Waals surface area contributed by atoms with E-state index in [-0.39, 0.29) is 22.4 Å². The molecule has 0 saturated heterocycles. The minimum absolute atomic E-state index is 0.0428. The Kier molecular flexibility index (Phi) is 9.04. The number of carbonyl (C=O) groups is 2. The van der Waals surface area contributed by atoms with Gasteiger partial charge in [0, 0.05) is 88.5 Å². The fourth-order valence-electron chi connectivity index (χ4n) is 7.94. The van der Waals surface area contributed by atoms with E-state index in [1.165, 1.54) is 0 Å². The number of aromatic nitrogens is 5. The van der Waals surface area contributed by atoms with Crippen molar-refractivity contribution in [3.63, 3.8) is 0 Å². The van der Waals surface area contributed by atoms with Crippen LogP contribution >= 0.6 is 0 Å². The Balaban J connectivity index is 0.000000156. The number of nitrogen functional groups attached to an aromatic ring is 1. The van der Waals surface area contributed by atoms with Gasteiger partial charge in [0.05, 0.1) is 45.8 Å². The van der Waals surface area contributed by atoms with Crippen LogP contribution in [0.15, 0.2) is 110 Å². The van der Waals surface area contributed by atoms with Crippen molar-refractivity contribution in [2.24, 2.45) is 10.8 Å². The van der Waals surface area contributed by atoms with Crippen LogP contribution < -0.4 is 16.4 Å². The lowest BCUT2D eigenvalue weighted by Crippen LogP contribution is -2.26. The van der Waals surface area contributed by atoms with E-state index in [0.717, 1.165) is 91.4 Å². The van der Waals surface area contributed by atoms with Gasteiger partial charge in [0.15, 0.2) is 11.6 Å². The number of Topliss-reactive ketones (excluding diaryl/α,β-unsaturated/α-hetero) is 2. The molecule has 0 saturated carbocycles. The lowest BCUT2D eigenvalue weighted by molar-refractivity contribution is 0.0903. The van der Waals surface area contributed by atoms with Crippen LogP contribution in [0.2, 0.25) is 0 Å². The summed E-state index contributed by atoms with van der Waals surface area (Å²) < 4.78 is 0. The van der Waals surface area contributed by atoms with E-state index >= 15 is 0 Å². The Morgan fingerprint density at radius 1 is 0.618 bits per heavy atom. The van der Waals surface area contributed by atoms with Gasteiger partial charge in [-0.05, 0) is 66.1 Å². The second-order valence-electron chi connectivity index (χ2n) is 16.1. The third kappa shape index (κ3) is 7.23. The number of hydrogen-bond acceptors (Lipinski definition) is 8. The Morgan fingerprint density at radius 3 is 1.73 bits per heavy atom. The lowest BCUT2D eigenvalue weighted by atomic mass is 9.76. The van der Waals surface area contributed by atoms with E-state index in [2.05, 4.69) is 69.3 Å². The molecule has 55 heavy (non-hydrogen) atoms. The van der Waals surface area contributed by atoms with Crippen LogP contribution in [0.1, 0.15) is 72.6 Å². The molecule has 7 aromatic rings. The number of nitrogens with zero attached hydrogens (tertiary/aromatic N) is 3. The molecule has 2 aliphatic rings. The summed E-state index contributed by atoms with van der Waals surface area (Å²) in [4.78, 5) is 45.7. The first-order valence-corrected chi connectivity index (χ1v) is 18.5. The molecule has 10 heteroatoms. The van der Waals surface area contributed by atoms with Gasteiger partial charge in [-0.25, -0.2) is 0 Å². The molecule has 0 aliphatic heterocycles. The van der Waals surface area contributed by atoms with E-state index in [9.17, 15) is 9.59 Å². The van der Waals surface area contributed by atoms with Gasteiger partial charge in [0.25, 0.3) is 0 Å². The largest absolute Gasteiger partial charge is 0.399 e. The van der Waals surface area contributed by atoms with Crippen molar-refractivity contribution in [3.8, 4) is 22.5 Å². The van der Waals surface area contributed by atoms with Gasteiger partial charge in [0.1, 0.15) is 0 Å². The summed E-state index contributed by atoms with van der Waals surface area (Å²) in [5, 5.41) is 9.10. The van der Waals surface area contributed by atoms with Crippen molar-refractivity contribution in [1.29, 1.82) is 0 Å². The highest BCUT2D eigenvalue weighted by Crippen LogP contribution is 2.45. The average molecular weight is 729 g/mol. The number of carbonyl (C=O) groups excluding carboxylic acids is 2. The van der Waals surface area contributed by atoms with Crippen LogP contribution in [0.4, 0.5) is 28.4 Å². The third-order valence-electron chi connectivity index (χ3n) is 10.3. The van der Waals surface area contributed by atoms with Gasteiger partial charge in [-0.1, -0.05) is 58.0 Å². The van der Waals surface area contributed by atoms with Crippen LogP contribution in [0.3, 0.4) is 0 Å². The van der Waals surface area contributed by atoms with Crippen molar-refractivity contribution in [3.05, 3.63) is 132 Å². The van der Waals surface area contributed by atoms with E-state index in [1.54, 1.807) is 24.8 Å². The second kappa shape index (κ2) is 14.0. The first-order valence-electron chi connectivity index (χ1n) is 18.5. The van der Waals surface area contributed by atoms with E-state index in [0.29, 0.717) is 18.5 Å². The number of ketones is 2. The van der Waals surface area contributed by atoms with Crippen molar-refractivity contribution in [2.45, 2.75) is 53.4 Å². The van der Waals surface area contributed by atoms with Crippen LogP contribution in [0, 0.1) is 10.8 Å². The molecule has 10 nitrogen and oxygen atoms in total. The number of hydrogen-bond donors (Lipinski definition) is 5. The fourth-order valence-corrected chi connectivity index (χ4v) is 7.94. The highest BCUT2D eigenvalue weighted by Gasteiger charge is 2.37. The molecule has 9 rings (SSSR count). The molecule has 5 heterocycles. The number of rotatable bonds is 6. The minimum Gasteiger partial charge on any atom is -0.399 e. The van der Waals surface area contributed by atoms with E-state index < -0.39 is 0 Å². The highest BCUT2D eigenvalue weighted by atomic mass is 16.1. The van der Waals surface area contributed by atoms with Crippen molar-refractivity contribution in [2.75, 3.05) is 16.4 Å². The Hall–Kier alpha value is -6.55. The molecule has 276 valence electrons. The molecule has 2 aromatic carbocycles. The number of nitrogens with one attached hydrogen (secondary N) is 4. The van der Waals surface area contributed by atoms with Crippen molar-refractivity contribution >= 4 is 50.8 Å². The molecule has 5 aromatic heterocycles. The third-order valence-corrected chi connectivity index (χ3v) is 10.3. The topological polar surface area (TPSA) is 154 Å². The first kappa shape index (κ1) is 35.5. The zero-order valence-electron chi connectivity index (χ0n) is 31.5. The number of aromatic amines is 2. The maximum atomic E-state index is 13.1. The molecule has 6 N–H and O–H groups in total. The molecule has 0 unspecified atom stereocenters. The Bertz CT molecular complexity index is 2550. The van der Waals surface area contributed by atoms with Crippen LogP contribution in [0.25, 0.3) is 33.3 Å². The number of fused-ring (bicyclic) bond motifs is 3. The summed E-state index contributed by atoms with van der Waals surface area (Å²) in [6.07, 6.45) is 13.5. The van der Waals surface area contributed by atoms with Crippen LogP contribution in [-0.4, -0.2) is 36.5 Å². The van der Waals surface area contributed by atoms with E-state index in [1.807, 2.05) is 79.1 Å². The molecule has 0 amide bonds. The maximum Gasteiger partial charge on any atom is 0.167 e. The second-order valence-corrected chi connectivity index (χ2v) is 16.1.